The number of aromatic nitrogens is 1. The van der Waals surface area contributed by atoms with E-state index in [4.69, 9.17) is 26.1 Å². The van der Waals surface area contributed by atoms with E-state index >= 15 is 0 Å². The van der Waals surface area contributed by atoms with Gasteiger partial charge < -0.3 is 9.47 Å². The summed E-state index contributed by atoms with van der Waals surface area (Å²) >= 11 is 7.73. The topological polar surface area (TPSA) is 51.7 Å². The maximum Gasteiger partial charge on any atom is 0.261 e. The zero-order chi connectivity index (χ0) is 20.2. The third-order valence-electron chi connectivity index (χ3n) is 4.87. The fourth-order valence-corrected chi connectivity index (χ4v) is 4.36. The lowest BCUT2D eigenvalue weighted by molar-refractivity contribution is 0.0917. The van der Waals surface area contributed by atoms with Crippen molar-refractivity contribution in [3.05, 3.63) is 64.5 Å². The van der Waals surface area contributed by atoms with Gasteiger partial charge in [-0.3, -0.25) is 9.69 Å². The summed E-state index contributed by atoms with van der Waals surface area (Å²) in [5.74, 6) is 0.625. The predicted molar refractivity (Wildman–Crippen MR) is 116 cm³/mol. The van der Waals surface area contributed by atoms with E-state index in [1.807, 2.05) is 41.8 Å². The molecule has 1 aliphatic heterocycles. The van der Waals surface area contributed by atoms with Gasteiger partial charge in [-0.25, -0.2) is 4.98 Å². The van der Waals surface area contributed by atoms with Crippen LogP contribution in [-0.2, 0) is 4.74 Å². The molecule has 29 heavy (non-hydrogen) atoms. The van der Waals surface area contributed by atoms with Crippen molar-refractivity contribution in [2.45, 2.75) is 18.9 Å². The van der Waals surface area contributed by atoms with E-state index in [1.165, 1.54) is 11.3 Å². The number of nitrogens with zero attached hydrogens (tertiary/aromatic N) is 2. The SMILES string of the molecule is COc1ccc(-c2csc(N(C[C@@H]3CCCO3)C(=O)c3ccccc3Cl)n2)cc1. The number of rotatable bonds is 6. The molecule has 1 amide bonds. The minimum absolute atomic E-state index is 0.00905. The largest absolute Gasteiger partial charge is 0.497 e. The van der Waals surface area contributed by atoms with Gasteiger partial charge in [0.05, 0.1) is 36.0 Å². The van der Waals surface area contributed by atoms with Gasteiger partial charge >= 0.3 is 0 Å². The Labute approximate surface area is 178 Å². The lowest BCUT2D eigenvalue weighted by atomic mass is 10.1. The molecule has 5 nitrogen and oxygen atoms in total. The average molecular weight is 429 g/mol. The molecule has 3 aromatic rings. The Kier molecular flexibility index (Phi) is 6.13. The van der Waals surface area contributed by atoms with E-state index in [0.29, 0.717) is 22.3 Å². The van der Waals surface area contributed by atoms with Crippen LogP contribution in [-0.4, -0.2) is 37.3 Å². The Morgan fingerprint density at radius 3 is 2.76 bits per heavy atom. The van der Waals surface area contributed by atoms with Gasteiger partial charge in [-0.15, -0.1) is 11.3 Å². The summed E-state index contributed by atoms with van der Waals surface area (Å²) in [6.07, 6.45) is 1.95. The number of methoxy groups -OCH3 is 1. The van der Waals surface area contributed by atoms with Crippen LogP contribution in [0, 0.1) is 0 Å². The highest BCUT2D eigenvalue weighted by Crippen LogP contribution is 2.31. The predicted octanol–water partition coefficient (Wildman–Crippen LogP) is 5.30. The van der Waals surface area contributed by atoms with Crippen molar-refractivity contribution >= 4 is 34.0 Å². The molecule has 2 aromatic carbocycles. The van der Waals surface area contributed by atoms with E-state index in [1.54, 1.807) is 24.1 Å². The van der Waals surface area contributed by atoms with Crippen molar-refractivity contribution < 1.29 is 14.3 Å². The van der Waals surface area contributed by atoms with Crippen LogP contribution in [0.1, 0.15) is 23.2 Å². The summed E-state index contributed by atoms with van der Waals surface area (Å²) in [4.78, 5) is 19.7. The van der Waals surface area contributed by atoms with Crippen LogP contribution >= 0.6 is 22.9 Å². The Morgan fingerprint density at radius 2 is 2.07 bits per heavy atom. The second-order valence-corrected chi connectivity index (χ2v) is 8.02. The highest BCUT2D eigenvalue weighted by Gasteiger charge is 2.27. The van der Waals surface area contributed by atoms with Gasteiger partial charge in [0, 0.05) is 17.6 Å². The van der Waals surface area contributed by atoms with E-state index in [0.717, 1.165) is 36.5 Å². The Balaban J connectivity index is 1.64. The highest BCUT2D eigenvalue weighted by atomic mass is 35.5. The van der Waals surface area contributed by atoms with Crippen LogP contribution in [0.15, 0.2) is 53.9 Å². The normalized spacial score (nSPS) is 16.0. The molecule has 0 spiro atoms. The monoisotopic (exact) mass is 428 g/mol. The molecular formula is C22H21ClN2O3S. The highest BCUT2D eigenvalue weighted by molar-refractivity contribution is 7.14. The summed E-state index contributed by atoms with van der Waals surface area (Å²) < 4.78 is 11.0. The molecule has 150 valence electrons. The number of halogens is 1. The van der Waals surface area contributed by atoms with Crippen LogP contribution in [0.25, 0.3) is 11.3 Å². The molecule has 1 aliphatic rings. The summed E-state index contributed by atoms with van der Waals surface area (Å²) in [5, 5.41) is 3.03. The van der Waals surface area contributed by atoms with E-state index in [2.05, 4.69) is 0 Å². The number of hydrogen-bond donors (Lipinski definition) is 0. The minimum atomic E-state index is -0.165. The zero-order valence-electron chi connectivity index (χ0n) is 16.0. The number of anilines is 1. The van der Waals surface area contributed by atoms with E-state index < -0.39 is 0 Å². The molecule has 1 aromatic heterocycles. The van der Waals surface area contributed by atoms with Crippen molar-refractivity contribution in [2.75, 3.05) is 25.2 Å². The fourth-order valence-electron chi connectivity index (χ4n) is 3.30. The molecule has 0 aliphatic carbocycles. The van der Waals surface area contributed by atoms with Crippen molar-refractivity contribution in [1.29, 1.82) is 0 Å². The number of carbonyl (C=O) groups excluding carboxylic acids is 1. The first-order valence-electron chi connectivity index (χ1n) is 9.43. The lowest BCUT2D eigenvalue weighted by Crippen LogP contribution is -2.37. The number of amides is 1. The van der Waals surface area contributed by atoms with Gasteiger partial charge in [0.15, 0.2) is 5.13 Å². The molecule has 0 saturated carbocycles. The van der Waals surface area contributed by atoms with Gasteiger partial charge in [-0.05, 0) is 49.2 Å². The fraction of sp³-hybridized carbons (Fsp3) is 0.273. The number of benzene rings is 2. The number of thiazole rings is 1. The summed E-state index contributed by atoms with van der Waals surface area (Å²) in [6.45, 7) is 1.19. The third kappa shape index (κ3) is 4.45. The maximum absolute atomic E-state index is 13.3. The third-order valence-corrected chi connectivity index (χ3v) is 6.06. The standard InChI is InChI=1S/C22H21ClN2O3S/c1-27-16-10-8-15(9-11-16)20-14-29-22(24-20)25(13-17-5-4-12-28-17)21(26)18-6-2-3-7-19(18)23/h2-3,6-11,14,17H,4-5,12-13H2,1H3/t17-/m0/s1. The van der Waals surface area contributed by atoms with Crippen LogP contribution in [0.4, 0.5) is 5.13 Å². The quantitative estimate of drug-likeness (QED) is 0.534. The van der Waals surface area contributed by atoms with Gasteiger partial charge in [0.25, 0.3) is 5.91 Å². The van der Waals surface area contributed by atoms with Crippen LogP contribution in [0.5, 0.6) is 5.75 Å². The Hall–Kier alpha value is -2.41. The summed E-state index contributed by atoms with van der Waals surface area (Å²) in [7, 11) is 1.64. The summed E-state index contributed by atoms with van der Waals surface area (Å²) in [6, 6.07) is 14.8. The van der Waals surface area contributed by atoms with Gasteiger partial charge in [0.1, 0.15) is 5.75 Å². The lowest BCUT2D eigenvalue weighted by Gasteiger charge is -2.23. The second kappa shape index (κ2) is 8.95. The molecule has 1 saturated heterocycles. The first-order chi connectivity index (χ1) is 14.2. The molecule has 0 bridgehead atoms. The average Bonchev–Trinajstić information content (AvgIpc) is 3.44. The van der Waals surface area contributed by atoms with Gasteiger partial charge in [0.2, 0.25) is 0 Å². The van der Waals surface area contributed by atoms with Crippen molar-refractivity contribution in [3.63, 3.8) is 0 Å². The Bertz CT molecular complexity index is 984. The molecule has 7 heteroatoms. The molecule has 0 unspecified atom stereocenters. The van der Waals surface area contributed by atoms with Crippen molar-refractivity contribution in [1.82, 2.24) is 4.98 Å². The Morgan fingerprint density at radius 1 is 1.28 bits per heavy atom. The molecular weight excluding hydrogens is 408 g/mol. The van der Waals surface area contributed by atoms with Gasteiger partial charge in [-0.1, -0.05) is 23.7 Å². The van der Waals surface area contributed by atoms with Crippen LogP contribution < -0.4 is 9.64 Å². The number of hydrogen-bond acceptors (Lipinski definition) is 5. The molecule has 1 fully saturated rings. The minimum Gasteiger partial charge on any atom is -0.497 e. The molecule has 0 N–H and O–H groups in total. The van der Waals surface area contributed by atoms with Crippen LogP contribution in [0.2, 0.25) is 5.02 Å². The maximum atomic E-state index is 13.3. The van der Waals surface area contributed by atoms with Crippen molar-refractivity contribution in [2.24, 2.45) is 0 Å². The second-order valence-electron chi connectivity index (χ2n) is 6.77. The summed E-state index contributed by atoms with van der Waals surface area (Å²) in [5.41, 5.74) is 2.25. The first kappa shape index (κ1) is 19.9. The van der Waals surface area contributed by atoms with E-state index in [9.17, 15) is 4.79 Å². The molecule has 4 rings (SSSR count). The molecule has 0 radical (unpaired) electrons. The van der Waals surface area contributed by atoms with Gasteiger partial charge in [-0.2, -0.15) is 0 Å². The smallest absolute Gasteiger partial charge is 0.261 e. The van der Waals surface area contributed by atoms with Crippen molar-refractivity contribution in [3.8, 4) is 17.0 Å². The number of ether oxygens (including phenoxy) is 2. The first-order valence-corrected chi connectivity index (χ1v) is 10.7. The molecule has 1 atom stereocenters. The van der Waals surface area contributed by atoms with E-state index in [-0.39, 0.29) is 12.0 Å². The molecule has 2 heterocycles. The number of carbonyl (C=O) groups is 1. The van der Waals surface area contributed by atoms with Crippen LogP contribution in [0.3, 0.4) is 0 Å². The zero-order valence-corrected chi connectivity index (χ0v) is 17.6.